The number of piperidine rings is 1. The van der Waals surface area contributed by atoms with Crippen molar-refractivity contribution in [2.75, 3.05) is 19.7 Å². The first-order valence-corrected chi connectivity index (χ1v) is 11.0. The van der Waals surface area contributed by atoms with Crippen LogP contribution < -0.4 is 0 Å². The van der Waals surface area contributed by atoms with Crippen LogP contribution in [0.5, 0.6) is 0 Å². The standard InChI is InChI=1S/C21H26N2O4S/c24-16-15-22(17-18-9-3-1-4-10-18)21(25)20-13-7-8-14-23(20)28(26,27)19-11-5-2-6-12-19/h1-6,9-12,20,24H,7-8,13-17H2. The van der Waals surface area contributed by atoms with Gasteiger partial charge in [0.2, 0.25) is 15.9 Å². The summed E-state index contributed by atoms with van der Waals surface area (Å²) in [4.78, 5) is 15.0. The summed E-state index contributed by atoms with van der Waals surface area (Å²) in [7, 11) is -3.75. The predicted molar refractivity (Wildman–Crippen MR) is 107 cm³/mol. The molecule has 2 aromatic carbocycles. The molecule has 1 aliphatic heterocycles. The average Bonchev–Trinajstić information content (AvgIpc) is 2.74. The molecule has 150 valence electrons. The van der Waals surface area contributed by atoms with Gasteiger partial charge in [0.1, 0.15) is 6.04 Å². The number of carbonyl (C=O) groups excluding carboxylic acids is 1. The Morgan fingerprint density at radius 3 is 2.32 bits per heavy atom. The lowest BCUT2D eigenvalue weighted by Gasteiger charge is -2.36. The van der Waals surface area contributed by atoms with E-state index >= 15 is 0 Å². The normalized spacial score (nSPS) is 18.0. The Labute approximate surface area is 166 Å². The first kappa shape index (κ1) is 20.5. The first-order chi connectivity index (χ1) is 13.5. The summed E-state index contributed by atoms with van der Waals surface area (Å²) in [6, 6.07) is 17.0. The van der Waals surface area contributed by atoms with Crippen LogP contribution in [-0.4, -0.2) is 54.4 Å². The molecule has 1 atom stereocenters. The molecule has 0 bridgehead atoms. The molecule has 6 nitrogen and oxygen atoms in total. The van der Waals surface area contributed by atoms with E-state index in [0.29, 0.717) is 19.5 Å². The van der Waals surface area contributed by atoms with Crippen molar-refractivity contribution in [3.05, 3.63) is 66.2 Å². The molecule has 1 fully saturated rings. The third-order valence-electron chi connectivity index (χ3n) is 4.99. The van der Waals surface area contributed by atoms with Crippen LogP contribution in [0, 0.1) is 0 Å². The Kier molecular flexibility index (Phi) is 6.83. The van der Waals surface area contributed by atoms with Gasteiger partial charge >= 0.3 is 0 Å². The van der Waals surface area contributed by atoms with Gasteiger partial charge in [0, 0.05) is 19.6 Å². The van der Waals surface area contributed by atoms with Crippen LogP contribution >= 0.6 is 0 Å². The second-order valence-electron chi connectivity index (χ2n) is 6.91. The van der Waals surface area contributed by atoms with Gasteiger partial charge in [0.05, 0.1) is 11.5 Å². The van der Waals surface area contributed by atoms with E-state index in [1.54, 1.807) is 35.2 Å². The zero-order chi connectivity index (χ0) is 20.0. The number of sulfonamides is 1. The zero-order valence-corrected chi connectivity index (χ0v) is 16.6. The Hall–Kier alpha value is -2.22. The number of nitrogens with zero attached hydrogens (tertiary/aromatic N) is 2. The minimum Gasteiger partial charge on any atom is -0.395 e. The molecule has 0 aromatic heterocycles. The van der Waals surface area contributed by atoms with Gasteiger partial charge in [-0.15, -0.1) is 0 Å². The molecule has 1 heterocycles. The summed E-state index contributed by atoms with van der Waals surface area (Å²) in [5, 5.41) is 9.44. The minimum absolute atomic E-state index is 0.170. The van der Waals surface area contributed by atoms with Crippen molar-refractivity contribution in [1.29, 1.82) is 0 Å². The number of carbonyl (C=O) groups is 1. The molecular formula is C21H26N2O4S. The lowest BCUT2D eigenvalue weighted by Crippen LogP contribution is -2.53. The summed E-state index contributed by atoms with van der Waals surface area (Å²) < 4.78 is 27.6. The van der Waals surface area contributed by atoms with Crippen LogP contribution in [0.3, 0.4) is 0 Å². The summed E-state index contributed by atoms with van der Waals surface area (Å²) in [5.74, 6) is -0.253. The highest BCUT2D eigenvalue weighted by molar-refractivity contribution is 7.89. The summed E-state index contributed by atoms with van der Waals surface area (Å²) in [5.41, 5.74) is 0.942. The van der Waals surface area contributed by atoms with Gasteiger partial charge in [-0.1, -0.05) is 55.0 Å². The molecule has 0 saturated carbocycles. The van der Waals surface area contributed by atoms with E-state index < -0.39 is 16.1 Å². The number of hydrogen-bond donors (Lipinski definition) is 1. The van der Waals surface area contributed by atoms with E-state index in [-0.39, 0.29) is 24.0 Å². The zero-order valence-electron chi connectivity index (χ0n) is 15.8. The maximum atomic E-state index is 13.3. The average molecular weight is 403 g/mol. The second-order valence-corrected chi connectivity index (χ2v) is 8.80. The van der Waals surface area contributed by atoms with Crippen LogP contribution in [0.1, 0.15) is 24.8 Å². The number of amides is 1. The molecule has 0 aliphatic carbocycles. The molecule has 1 N–H and O–H groups in total. The lowest BCUT2D eigenvalue weighted by atomic mass is 10.0. The number of benzene rings is 2. The van der Waals surface area contributed by atoms with Crippen LogP contribution in [0.2, 0.25) is 0 Å². The van der Waals surface area contributed by atoms with Crippen molar-refractivity contribution in [3.8, 4) is 0 Å². The van der Waals surface area contributed by atoms with Crippen LogP contribution in [0.25, 0.3) is 0 Å². The first-order valence-electron chi connectivity index (χ1n) is 9.54. The molecular weight excluding hydrogens is 376 g/mol. The maximum Gasteiger partial charge on any atom is 0.243 e. The van der Waals surface area contributed by atoms with Gasteiger partial charge in [-0.25, -0.2) is 8.42 Å². The molecule has 3 rings (SSSR count). The van der Waals surface area contributed by atoms with Crippen molar-refractivity contribution >= 4 is 15.9 Å². The van der Waals surface area contributed by atoms with Crippen LogP contribution in [0.15, 0.2) is 65.6 Å². The fourth-order valence-corrected chi connectivity index (χ4v) is 5.24. The van der Waals surface area contributed by atoms with Crippen molar-refractivity contribution in [2.45, 2.75) is 36.7 Å². The summed E-state index contributed by atoms with van der Waals surface area (Å²) in [6.45, 7) is 0.669. The van der Waals surface area contributed by atoms with Crippen LogP contribution in [-0.2, 0) is 21.4 Å². The number of aliphatic hydroxyl groups excluding tert-OH is 1. The van der Waals surface area contributed by atoms with Crippen molar-refractivity contribution in [2.24, 2.45) is 0 Å². The fourth-order valence-electron chi connectivity index (χ4n) is 3.57. The van der Waals surface area contributed by atoms with Gasteiger partial charge in [0.25, 0.3) is 0 Å². The lowest BCUT2D eigenvalue weighted by molar-refractivity contribution is -0.137. The molecule has 7 heteroatoms. The molecule has 1 saturated heterocycles. The Bertz CT molecular complexity index is 872. The number of hydrogen-bond acceptors (Lipinski definition) is 4. The molecule has 28 heavy (non-hydrogen) atoms. The van der Waals surface area contributed by atoms with E-state index in [2.05, 4.69) is 0 Å². The molecule has 2 aromatic rings. The number of aliphatic hydroxyl groups is 1. The molecule has 1 aliphatic rings. The SMILES string of the molecule is O=C(C1CCCCN1S(=O)(=O)c1ccccc1)N(CCO)Cc1ccccc1. The Morgan fingerprint density at radius 2 is 1.68 bits per heavy atom. The Balaban J connectivity index is 1.86. The van der Waals surface area contributed by atoms with Crippen molar-refractivity contribution in [3.63, 3.8) is 0 Å². The van der Waals surface area contributed by atoms with Crippen molar-refractivity contribution in [1.82, 2.24) is 9.21 Å². The van der Waals surface area contributed by atoms with E-state index in [1.165, 1.54) is 4.31 Å². The predicted octanol–water partition coefficient (Wildman–Crippen LogP) is 2.25. The summed E-state index contributed by atoms with van der Waals surface area (Å²) in [6.07, 6.45) is 2.02. The number of rotatable bonds is 7. The third-order valence-corrected chi connectivity index (χ3v) is 6.91. The van der Waals surface area contributed by atoms with E-state index in [9.17, 15) is 18.3 Å². The minimum atomic E-state index is -3.75. The molecule has 1 unspecified atom stereocenters. The third kappa shape index (κ3) is 4.60. The second kappa shape index (κ2) is 9.32. The van der Waals surface area contributed by atoms with Gasteiger partial charge < -0.3 is 10.0 Å². The van der Waals surface area contributed by atoms with E-state index in [4.69, 9.17) is 0 Å². The highest BCUT2D eigenvalue weighted by Gasteiger charge is 2.39. The highest BCUT2D eigenvalue weighted by atomic mass is 32.2. The fraction of sp³-hybridized carbons (Fsp3) is 0.381. The van der Waals surface area contributed by atoms with Gasteiger partial charge in [-0.05, 0) is 30.5 Å². The maximum absolute atomic E-state index is 13.3. The monoisotopic (exact) mass is 402 g/mol. The van der Waals surface area contributed by atoms with Gasteiger partial charge in [-0.2, -0.15) is 4.31 Å². The van der Waals surface area contributed by atoms with E-state index in [0.717, 1.165) is 18.4 Å². The highest BCUT2D eigenvalue weighted by Crippen LogP contribution is 2.27. The topological polar surface area (TPSA) is 77.9 Å². The van der Waals surface area contributed by atoms with Gasteiger partial charge in [0.15, 0.2) is 0 Å². The molecule has 1 amide bonds. The smallest absolute Gasteiger partial charge is 0.243 e. The Morgan fingerprint density at radius 1 is 1.04 bits per heavy atom. The molecule has 0 spiro atoms. The van der Waals surface area contributed by atoms with Gasteiger partial charge in [-0.3, -0.25) is 4.79 Å². The molecule has 0 radical (unpaired) electrons. The van der Waals surface area contributed by atoms with E-state index in [1.807, 2.05) is 30.3 Å². The summed E-state index contributed by atoms with van der Waals surface area (Å²) >= 11 is 0. The quantitative estimate of drug-likeness (QED) is 0.771. The van der Waals surface area contributed by atoms with Crippen LogP contribution in [0.4, 0.5) is 0 Å². The largest absolute Gasteiger partial charge is 0.395 e. The van der Waals surface area contributed by atoms with Crippen molar-refractivity contribution < 1.29 is 18.3 Å².